The molecule has 0 saturated carbocycles. The number of rotatable bonds is 9. The highest BCUT2D eigenvalue weighted by molar-refractivity contribution is 7.11. The summed E-state index contributed by atoms with van der Waals surface area (Å²) >= 11 is 0. The van der Waals surface area contributed by atoms with Gasteiger partial charge >= 0.3 is 37.9 Å². The largest absolute Gasteiger partial charge is 0.489 e. The Labute approximate surface area is 174 Å². The second-order valence-corrected chi connectivity index (χ2v) is 5.97. The third-order valence-corrected chi connectivity index (χ3v) is 3.97. The van der Waals surface area contributed by atoms with E-state index in [0.29, 0.717) is 0 Å². The molecule has 2 aliphatic rings. The molecular weight excluding hydrogens is 406 g/mol. The lowest BCUT2D eigenvalue weighted by atomic mass is 9.49. The van der Waals surface area contributed by atoms with Crippen LogP contribution in [0, 0.1) is 0 Å². The van der Waals surface area contributed by atoms with E-state index in [1.807, 2.05) is 0 Å². The van der Waals surface area contributed by atoms with Crippen molar-refractivity contribution >= 4 is 37.9 Å². The van der Waals surface area contributed by atoms with Crippen LogP contribution in [-0.4, -0.2) is 88.7 Å². The zero-order valence-corrected chi connectivity index (χ0v) is 17.2. The van der Waals surface area contributed by atoms with E-state index in [-0.39, 0.29) is 26.4 Å². The lowest BCUT2D eigenvalue weighted by Crippen LogP contribution is -2.41. The standard InChI is InChI=1S/C16H24B2O12/c1-5-23-13(19)9-10(14(20)24-6-2)28-17(27-9)18-29-11(15(21)25-7-3)12(30-18)16(22)26-8-4/h9-12H,5-8H2,1-4H3/t9-,10-,11+,12+. The fourth-order valence-corrected chi connectivity index (χ4v) is 2.80. The molecule has 2 rings (SSSR count). The second-order valence-electron chi connectivity index (χ2n) is 5.97. The summed E-state index contributed by atoms with van der Waals surface area (Å²) < 4.78 is 41.4. The van der Waals surface area contributed by atoms with Crippen molar-refractivity contribution in [1.29, 1.82) is 0 Å². The molecule has 2 saturated heterocycles. The fraction of sp³-hybridized carbons (Fsp3) is 0.750. The number of esters is 4. The molecule has 30 heavy (non-hydrogen) atoms. The maximum absolute atomic E-state index is 12.2. The predicted molar refractivity (Wildman–Crippen MR) is 97.5 cm³/mol. The van der Waals surface area contributed by atoms with Crippen LogP contribution in [0.2, 0.25) is 0 Å². The van der Waals surface area contributed by atoms with Crippen LogP contribution in [-0.2, 0) is 56.7 Å². The first-order chi connectivity index (χ1) is 14.4. The average Bonchev–Trinajstić information content (AvgIpc) is 3.34. The molecule has 166 valence electrons. The molecule has 2 heterocycles. The number of carbonyl (C=O) groups excluding carboxylic acids is 4. The van der Waals surface area contributed by atoms with Gasteiger partial charge in [0.05, 0.1) is 26.4 Å². The molecule has 0 N–H and O–H groups in total. The molecule has 0 radical (unpaired) electrons. The van der Waals surface area contributed by atoms with Crippen LogP contribution in [0.15, 0.2) is 0 Å². The summed E-state index contributed by atoms with van der Waals surface area (Å²) in [6.45, 7) is 6.53. The first-order valence-electron chi connectivity index (χ1n) is 9.66. The summed E-state index contributed by atoms with van der Waals surface area (Å²) in [5.41, 5.74) is 0. The lowest BCUT2D eigenvalue weighted by molar-refractivity contribution is -0.163. The molecule has 0 bridgehead atoms. The number of hydrogen-bond acceptors (Lipinski definition) is 12. The second kappa shape index (κ2) is 11.3. The first-order valence-corrected chi connectivity index (χ1v) is 9.66. The molecular formula is C16H24B2O12. The Morgan fingerprint density at radius 1 is 0.533 bits per heavy atom. The Bertz CT molecular complexity index is 538. The fourth-order valence-electron chi connectivity index (χ4n) is 2.80. The van der Waals surface area contributed by atoms with E-state index in [9.17, 15) is 19.2 Å². The van der Waals surface area contributed by atoms with Gasteiger partial charge in [0.1, 0.15) is 0 Å². The Morgan fingerprint density at radius 2 is 0.733 bits per heavy atom. The number of carbonyl (C=O) groups is 4. The van der Waals surface area contributed by atoms with Gasteiger partial charge in [-0.25, -0.2) is 19.2 Å². The van der Waals surface area contributed by atoms with Crippen LogP contribution < -0.4 is 0 Å². The van der Waals surface area contributed by atoms with Crippen LogP contribution in [0.1, 0.15) is 27.7 Å². The molecule has 0 aromatic heterocycles. The normalized spacial score (nSPS) is 25.7. The highest BCUT2D eigenvalue weighted by Crippen LogP contribution is 2.27. The molecule has 14 heteroatoms. The summed E-state index contributed by atoms with van der Waals surface area (Å²) in [6.07, 6.45) is -5.76. The third kappa shape index (κ3) is 5.50. The van der Waals surface area contributed by atoms with E-state index in [1.54, 1.807) is 27.7 Å². The minimum absolute atomic E-state index is 0.0468. The molecule has 4 atom stereocenters. The van der Waals surface area contributed by atoms with E-state index in [4.69, 9.17) is 37.6 Å². The van der Waals surface area contributed by atoms with Crippen LogP contribution in [0.4, 0.5) is 0 Å². The predicted octanol–water partition coefficient (Wildman–Crippen LogP) is -1.14. The number of hydrogen-bond donors (Lipinski definition) is 0. The zero-order valence-electron chi connectivity index (χ0n) is 17.2. The van der Waals surface area contributed by atoms with E-state index < -0.39 is 62.3 Å². The van der Waals surface area contributed by atoms with Crippen molar-refractivity contribution < 1.29 is 56.7 Å². The molecule has 2 fully saturated rings. The van der Waals surface area contributed by atoms with E-state index in [1.165, 1.54) is 0 Å². The van der Waals surface area contributed by atoms with Gasteiger partial charge in [0.2, 0.25) is 0 Å². The van der Waals surface area contributed by atoms with Gasteiger partial charge in [-0.3, -0.25) is 0 Å². The molecule has 0 amide bonds. The van der Waals surface area contributed by atoms with E-state index in [2.05, 4.69) is 0 Å². The van der Waals surface area contributed by atoms with Crippen LogP contribution in [0.25, 0.3) is 0 Å². The Kier molecular flexibility index (Phi) is 9.08. The maximum atomic E-state index is 12.2. The SMILES string of the molecule is CCOC(=O)[C@H]1OB(B2O[C@@H](C(=O)OCC)[C@H](C(=O)OCC)O2)O[C@@H]1C(=O)OCC. The van der Waals surface area contributed by atoms with Gasteiger partial charge in [0.25, 0.3) is 0 Å². The quantitative estimate of drug-likeness (QED) is 0.248. The Balaban J connectivity index is 2.18. The first kappa shape index (κ1) is 24.1. The summed E-state index contributed by atoms with van der Waals surface area (Å²) in [7, 11) is -2.85. The molecule has 0 unspecified atom stereocenters. The van der Waals surface area contributed by atoms with Crippen molar-refractivity contribution in [3.05, 3.63) is 0 Å². The number of ether oxygens (including phenoxy) is 4. The van der Waals surface area contributed by atoms with Crippen LogP contribution in [0.5, 0.6) is 0 Å². The summed E-state index contributed by atoms with van der Waals surface area (Å²) in [6, 6.07) is 0. The van der Waals surface area contributed by atoms with Gasteiger partial charge in [0, 0.05) is 0 Å². The van der Waals surface area contributed by atoms with Gasteiger partial charge in [-0.15, -0.1) is 0 Å². The molecule has 0 aromatic carbocycles. The topological polar surface area (TPSA) is 142 Å². The molecule has 12 nitrogen and oxygen atoms in total. The summed E-state index contributed by atoms with van der Waals surface area (Å²) in [4.78, 5) is 48.7. The minimum Gasteiger partial charge on any atom is -0.464 e. The van der Waals surface area contributed by atoms with Gasteiger partial charge in [0.15, 0.2) is 24.4 Å². The average molecular weight is 430 g/mol. The highest BCUT2D eigenvalue weighted by Gasteiger charge is 2.61. The third-order valence-electron chi connectivity index (χ3n) is 3.97. The van der Waals surface area contributed by atoms with Crippen molar-refractivity contribution in [2.75, 3.05) is 26.4 Å². The van der Waals surface area contributed by atoms with Crippen molar-refractivity contribution in [2.45, 2.75) is 52.1 Å². The Hall–Kier alpha value is -2.15. The van der Waals surface area contributed by atoms with Crippen LogP contribution in [0.3, 0.4) is 0 Å². The Morgan fingerprint density at radius 3 is 0.900 bits per heavy atom. The van der Waals surface area contributed by atoms with E-state index >= 15 is 0 Å². The highest BCUT2D eigenvalue weighted by atomic mass is 16.7. The van der Waals surface area contributed by atoms with Crippen molar-refractivity contribution in [3.8, 4) is 0 Å². The lowest BCUT2D eigenvalue weighted by Gasteiger charge is -2.15. The molecule has 2 aliphatic heterocycles. The van der Waals surface area contributed by atoms with Crippen LogP contribution >= 0.6 is 0 Å². The summed E-state index contributed by atoms with van der Waals surface area (Å²) in [5, 5.41) is 0. The van der Waals surface area contributed by atoms with Gasteiger partial charge in [-0.2, -0.15) is 0 Å². The maximum Gasteiger partial charge on any atom is 0.489 e. The van der Waals surface area contributed by atoms with Gasteiger partial charge in [-0.1, -0.05) is 0 Å². The minimum atomic E-state index is -1.44. The van der Waals surface area contributed by atoms with E-state index in [0.717, 1.165) is 0 Å². The van der Waals surface area contributed by atoms with Crippen molar-refractivity contribution in [3.63, 3.8) is 0 Å². The smallest absolute Gasteiger partial charge is 0.464 e. The monoisotopic (exact) mass is 430 g/mol. The van der Waals surface area contributed by atoms with Gasteiger partial charge in [-0.05, 0) is 27.7 Å². The molecule has 0 spiro atoms. The van der Waals surface area contributed by atoms with Crippen molar-refractivity contribution in [2.24, 2.45) is 0 Å². The molecule has 0 aromatic rings. The molecule has 0 aliphatic carbocycles. The van der Waals surface area contributed by atoms with Crippen molar-refractivity contribution in [1.82, 2.24) is 0 Å². The van der Waals surface area contributed by atoms with Gasteiger partial charge < -0.3 is 37.6 Å². The zero-order chi connectivity index (χ0) is 22.3. The summed E-state index contributed by atoms with van der Waals surface area (Å²) in [5.74, 6) is -3.39.